The van der Waals surface area contributed by atoms with Gasteiger partial charge in [0.25, 0.3) is 0 Å². The molecule has 1 aliphatic heterocycles. The van der Waals surface area contributed by atoms with Crippen molar-refractivity contribution >= 4 is 12.0 Å². The Hall–Kier alpha value is -1.55. The largest absolute Gasteiger partial charge is 0.465 e. The lowest BCUT2D eigenvalue weighted by Gasteiger charge is -2.29. The van der Waals surface area contributed by atoms with Crippen LogP contribution in [-0.4, -0.2) is 35.1 Å². The predicted octanol–water partition coefficient (Wildman–Crippen LogP) is 2.69. The summed E-state index contributed by atoms with van der Waals surface area (Å²) in [5.41, 5.74) is 0.600. The molecular formula is C16H23NO3. The fourth-order valence-electron chi connectivity index (χ4n) is 2.78. The van der Waals surface area contributed by atoms with E-state index >= 15 is 0 Å². The zero-order valence-electron chi connectivity index (χ0n) is 12.4. The summed E-state index contributed by atoms with van der Waals surface area (Å²) < 4.78 is 5.24. The number of aliphatic hydroxyl groups excluding tert-OH is 1. The van der Waals surface area contributed by atoms with Gasteiger partial charge in [0, 0.05) is 18.7 Å². The smallest absolute Gasteiger partial charge is 0.249 e. The molecular weight excluding hydrogens is 254 g/mol. The summed E-state index contributed by atoms with van der Waals surface area (Å²) in [6, 6.07) is 3.63. The van der Waals surface area contributed by atoms with Crippen molar-refractivity contribution in [3.05, 3.63) is 29.7 Å². The minimum Gasteiger partial charge on any atom is -0.465 e. The second kappa shape index (κ2) is 5.83. The number of amides is 1. The summed E-state index contributed by atoms with van der Waals surface area (Å²) >= 11 is 0. The average molecular weight is 277 g/mol. The first-order chi connectivity index (χ1) is 9.37. The summed E-state index contributed by atoms with van der Waals surface area (Å²) in [7, 11) is 0. The van der Waals surface area contributed by atoms with E-state index in [-0.39, 0.29) is 17.4 Å². The van der Waals surface area contributed by atoms with Gasteiger partial charge in [-0.05, 0) is 43.4 Å². The van der Waals surface area contributed by atoms with E-state index in [0.29, 0.717) is 30.8 Å². The Morgan fingerprint density at radius 3 is 2.95 bits per heavy atom. The molecule has 1 saturated heterocycles. The molecule has 1 N–H and O–H groups in total. The molecule has 1 amide bonds. The van der Waals surface area contributed by atoms with Gasteiger partial charge < -0.3 is 14.4 Å². The minimum absolute atomic E-state index is 0.0172. The Labute approximate surface area is 120 Å². The van der Waals surface area contributed by atoms with E-state index < -0.39 is 0 Å². The van der Waals surface area contributed by atoms with E-state index in [4.69, 9.17) is 4.42 Å². The van der Waals surface area contributed by atoms with Crippen LogP contribution in [0, 0.1) is 5.41 Å². The minimum atomic E-state index is -0.322. The van der Waals surface area contributed by atoms with Crippen LogP contribution in [0.3, 0.4) is 0 Å². The van der Waals surface area contributed by atoms with Gasteiger partial charge in [-0.25, -0.2) is 0 Å². The van der Waals surface area contributed by atoms with Crippen molar-refractivity contribution in [3.63, 3.8) is 0 Å². The zero-order valence-corrected chi connectivity index (χ0v) is 12.4. The standard InChI is InChI=1S/C16H23NO3/c1-12(9-14-5-4-8-20-14)15(19)17-7-6-13(18)10-16(2,3)11-17/h4-5,8-9,13,18H,6-7,10-11H2,1-3H3/b12-9+. The molecule has 1 atom stereocenters. The number of aliphatic hydroxyl groups is 1. The highest BCUT2D eigenvalue weighted by molar-refractivity contribution is 5.97. The van der Waals surface area contributed by atoms with E-state index in [1.165, 1.54) is 0 Å². The number of hydrogen-bond acceptors (Lipinski definition) is 3. The van der Waals surface area contributed by atoms with E-state index in [9.17, 15) is 9.90 Å². The average Bonchev–Trinajstić information content (AvgIpc) is 2.80. The Morgan fingerprint density at radius 2 is 2.30 bits per heavy atom. The van der Waals surface area contributed by atoms with Gasteiger partial charge in [-0.2, -0.15) is 0 Å². The second-order valence-electron chi connectivity index (χ2n) is 6.38. The monoisotopic (exact) mass is 277 g/mol. The predicted molar refractivity (Wildman–Crippen MR) is 78.0 cm³/mol. The van der Waals surface area contributed by atoms with E-state index in [0.717, 1.165) is 6.42 Å². The van der Waals surface area contributed by atoms with Gasteiger partial charge >= 0.3 is 0 Å². The summed E-state index contributed by atoms with van der Waals surface area (Å²) in [4.78, 5) is 14.3. The van der Waals surface area contributed by atoms with Crippen LogP contribution in [0.2, 0.25) is 0 Å². The van der Waals surface area contributed by atoms with Crippen molar-refractivity contribution in [3.8, 4) is 0 Å². The molecule has 0 saturated carbocycles. The van der Waals surface area contributed by atoms with Crippen molar-refractivity contribution in [2.24, 2.45) is 5.41 Å². The topological polar surface area (TPSA) is 53.7 Å². The first kappa shape index (κ1) is 14.9. The van der Waals surface area contributed by atoms with Crippen LogP contribution in [-0.2, 0) is 4.79 Å². The SMILES string of the molecule is C/C(=C\c1ccco1)C(=O)N1CCC(O)CC(C)(C)C1. The molecule has 1 aromatic heterocycles. The van der Waals surface area contributed by atoms with Crippen molar-refractivity contribution in [2.45, 2.75) is 39.7 Å². The quantitative estimate of drug-likeness (QED) is 0.846. The number of hydrogen-bond donors (Lipinski definition) is 1. The summed E-state index contributed by atoms with van der Waals surface area (Å²) in [6.07, 6.45) is 4.41. The molecule has 20 heavy (non-hydrogen) atoms. The molecule has 4 nitrogen and oxygen atoms in total. The number of carbonyl (C=O) groups is 1. The van der Waals surface area contributed by atoms with Gasteiger partial charge in [0.05, 0.1) is 12.4 Å². The molecule has 1 aromatic rings. The summed E-state index contributed by atoms with van der Waals surface area (Å²) in [5, 5.41) is 9.90. The van der Waals surface area contributed by atoms with Crippen LogP contribution < -0.4 is 0 Å². The first-order valence-electron chi connectivity index (χ1n) is 7.06. The van der Waals surface area contributed by atoms with Crippen molar-refractivity contribution in [1.29, 1.82) is 0 Å². The maximum atomic E-state index is 12.5. The van der Waals surface area contributed by atoms with E-state index in [1.807, 2.05) is 11.0 Å². The third-order valence-corrected chi connectivity index (χ3v) is 3.67. The lowest BCUT2D eigenvalue weighted by molar-refractivity contribution is -0.128. The third kappa shape index (κ3) is 3.73. The summed E-state index contributed by atoms with van der Waals surface area (Å²) in [6.45, 7) is 7.26. The van der Waals surface area contributed by atoms with Crippen LogP contribution in [0.1, 0.15) is 39.4 Å². The Morgan fingerprint density at radius 1 is 1.55 bits per heavy atom. The van der Waals surface area contributed by atoms with Crippen LogP contribution in [0.4, 0.5) is 0 Å². The number of nitrogens with zero attached hydrogens (tertiary/aromatic N) is 1. The first-order valence-corrected chi connectivity index (χ1v) is 7.06. The lowest BCUT2D eigenvalue weighted by atomic mass is 9.87. The third-order valence-electron chi connectivity index (χ3n) is 3.67. The van der Waals surface area contributed by atoms with Gasteiger partial charge in [-0.3, -0.25) is 4.79 Å². The number of likely N-dealkylation sites (tertiary alicyclic amines) is 1. The highest BCUT2D eigenvalue weighted by Crippen LogP contribution is 2.29. The van der Waals surface area contributed by atoms with Gasteiger partial charge in [0.15, 0.2) is 0 Å². The molecule has 0 radical (unpaired) electrons. The summed E-state index contributed by atoms with van der Waals surface area (Å²) in [5.74, 6) is 0.702. The zero-order chi connectivity index (χ0) is 14.8. The van der Waals surface area contributed by atoms with Crippen LogP contribution in [0.5, 0.6) is 0 Å². The highest BCUT2D eigenvalue weighted by atomic mass is 16.3. The van der Waals surface area contributed by atoms with Gasteiger partial charge in [-0.1, -0.05) is 13.8 Å². The fourth-order valence-corrected chi connectivity index (χ4v) is 2.78. The molecule has 0 aromatic carbocycles. The maximum absolute atomic E-state index is 12.5. The second-order valence-corrected chi connectivity index (χ2v) is 6.38. The van der Waals surface area contributed by atoms with E-state index in [2.05, 4.69) is 13.8 Å². The molecule has 1 fully saturated rings. The van der Waals surface area contributed by atoms with Gasteiger partial charge in [0.1, 0.15) is 5.76 Å². The van der Waals surface area contributed by atoms with Crippen LogP contribution in [0.15, 0.2) is 28.4 Å². The molecule has 0 spiro atoms. The molecule has 110 valence electrons. The Balaban J connectivity index is 2.11. The fraction of sp³-hybridized carbons (Fsp3) is 0.562. The number of furan rings is 1. The highest BCUT2D eigenvalue weighted by Gasteiger charge is 2.31. The van der Waals surface area contributed by atoms with Crippen LogP contribution >= 0.6 is 0 Å². The maximum Gasteiger partial charge on any atom is 0.249 e. The molecule has 4 heteroatoms. The molecule has 0 aliphatic carbocycles. The van der Waals surface area contributed by atoms with Gasteiger partial charge in [-0.15, -0.1) is 0 Å². The molecule has 2 rings (SSSR count). The lowest BCUT2D eigenvalue weighted by Crippen LogP contribution is -2.38. The van der Waals surface area contributed by atoms with Gasteiger partial charge in [0.2, 0.25) is 5.91 Å². The number of carbonyl (C=O) groups excluding carboxylic acids is 1. The molecule has 1 aliphatic rings. The molecule has 0 bridgehead atoms. The van der Waals surface area contributed by atoms with Crippen molar-refractivity contribution in [1.82, 2.24) is 4.90 Å². The number of rotatable bonds is 2. The molecule has 1 unspecified atom stereocenters. The van der Waals surface area contributed by atoms with Crippen molar-refractivity contribution < 1.29 is 14.3 Å². The Bertz CT molecular complexity index is 488. The van der Waals surface area contributed by atoms with Crippen LogP contribution in [0.25, 0.3) is 6.08 Å². The van der Waals surface area contributed by atoms with E-state index in [1.54, 1.807) is 25.3 Å². The Kier molecular flexibility index (Phi) is 4.33. The normalized spacial score (nSPS) is 23.5. The van der Waals surface area contributed by atoms with Crippen molar-refractivity contribution in [2.75, 3.05) is 13.1 Å². The molecule has 2 heterocycles.